The van der Waals surface area contributed by atoms with E-state index in [1.54, 1.807) is 0 Å². The maximum atomic E-state index is 11.2. The number of ether oxygens (including phenoxy) is 2. The molecule has 0 aromatic heterocycles. The lowest BCUT2D eigenvalue weighted by Gasteiger charge is -2.54. The van der Waals surface area contributed by atoms with Crippen LogP contribution in [0.15, 0.2) is 101 Å². The van der Waals surface area contributed by atoms with Crippen molar-refractivity contribution in [2.75, 3.05) is 6.61 Å². The number of rotatable bonds is 16. The number of aliphatic hydroxyl groups is 2. The average molecular weight is 685 g/mol. The second kappa shape index (κ2) is 17.2. The first-order chi connectivity index (χ1) is 22.0. The Morgan fingerprint density at radius 2 is 1.30 bits per heavy atom. The van der Waals surface area contributed by atoms with Gasteiger partial charge in [-0.15, -0.1) is 23.5 Å². The highest BCUT2D eigenvalue weighted by atomic mass is 32.2. The van der Waals surface area contributed by atoms with Crippen LogP contribution in [-0.4, -0.2) is 59.7 Å². The number of hydrogen-bond donors (Lipinski definition) is 2. The van der Waals surface area contributed by atoms with E-state index < -0.39 is 38.3 Å². The molecular weight excluding hydrogens is 629 g/mol. The van der Waals surface area contributed by atoms with Gasteiger partial charge in [-0.05, 0) is 59.8 Å². The van der Waals surface area contributed by atoms with E-state index >= 15 is 0 Å². The zero-order valence-electron chi connectivity index (χ0n) is 28.5. The number of hydrogen-bond acceptors (Lipinski definition) is 7. The summed E-state index contributed by atoms with van der Waals surface area (Å²) in [5.41, 5.74) is 1.25. The maximum Gasteiger partial charge on any atom is 0.200 e. The van der Waals surface area contributed by atoms with Crippen molar-refractivity contribution < 1.29 is 25.5 Å². The van der Waals surface area contributed by atoms with Gasteiger partial charge in [0.2, 0.25) is 8.32 Å². The summed E-state index contributed by atoms with van der Waals surface area (Å²) in [7, 11) is -2.38. The molecule has 2 N–H and O–H groups in total. The topological polar surface area (TPSA) is 68.2 Å². The zero-order chi connectivity index (χ0) is 33.3. The van der Waals surface area contributed by atoms with E-state index in [0.29, 0.717) is 36.1 Å². The minimum absolute atomic E-state index is 0. The van der Waals surface area contributed by atoms with E-state index in [1.165, 1.54) is 9.79 Å². The van der Waals surface area contributed by atoms with Crippen LogP contribution in [0.4, 0.5) is 0 Å². The molecule has 8 heteroatoms. The van der Waals surface area contributed by atoms with Crippen molar-refractivity contribution in [3.05, 3.63) is 96.6 Å². The molecule has 0 saturated carbocycles. The Labute approximate surface area is 288 Å². The Kier molecular flexibility index (Phi) is 13.9. The minimum Gasteiger partial charge on any atom is -0.410 e. The Bertz CT molecular complexity index is 1240. The van der Waals surface area contributed by atoms with E-state index in [1.807, 2.05) is 53.9 Å². The van der Waals surface area contributed by atoms with Gasteiger partial charge in [-0.1, -0.05) is 108 Å². The van der Waals surface area contributed by atoms with Crippen LogP contribution >= 0.6 is 23.5 Å². The number of thioether (sulfide) groups is 2. The quantitative estimate of drug-likeness (QED) is 0.0885. The van der Waals surface area contributed by atoms with Gasteiger partial charge in [0.15, 0.2) is 0 Å². The van der Waals surface area contributed by atoms with E-state index in [0.717, 1.165) is 5.56 Å². The molecule has 5 nitrogen and oxygen atoms in total. The lowest BCUT2D eigenvalue weighted by Crippen LogP contribution is -2.66. The summed E-state index contributed by atoms with van der Waals surface area (Å²) in [6, 6.07) is 31.2. The first-order valence-corrected chi connectivity index (χ1v) is 20.6. The van der Waals surface area contributed by atoms with Gasteiger partial charge in [0, 0.05) is 17.6 Å². The summed E-state index contributed by atoms with van der Waals surface area (Å²) in [6.45, 7) is 16.0. The largest absolute Gasteiger partial charge is 0.410 e. The molecule has 3 aromatic rings. The van der Waals surface area contributed by atoms with E-state index in [9.17, 15) is 10.2 Å². The van der Waals surface area contributed by atoms with Crippen molar-refractivity contribution in [2.24, 2.45) is 0 Å². The van der Waals surface area contributed by atoms with Crippen molar-refractivity contribution in [3.8, 4) is 0 Å². The molecule has 254 valence electrons. The smallest absolute Gasteiger partial charge is 0.200 e. The molecule has 1 fully saturated rings. The summed E-state index contributed by atoms with van der Waals surface area (Å²) in [4.78, 5) is 2.38. The van der Waals surface area contributed by atoms with Crippen molar-refractivity contribution >= 4 is 31.8 Å². The van der Waals surface area contributed by atoms with Crippen molar-refractivity contribution in [3.63, 3.8) is 0 Å². The molecule has 3 aromatic carbocycles. The third kappa shape index (κ3) is 9.08. The lowest BCUT2D eigenvalue weighted by atomic mass is 9.83. The zero-order valence-corrected chi connectivity index (χ0v) is 31.2. The molecule has 1 aliphatic rings. The van der Waals surface area contributed by atoms with Gasteiger partial charge >= 0.3 is 0 Å². The van der Waals surface area contributed by atoms with Crippen LogP contribution in [0, 0.1) is 0 Å². The highest BCUT2D eigenvalue weighted by Gasteiger charge is 2.56. The molecule has 0 amide bonds. The molecule has 4 rings (SSSR count). The van der Waals surface area contributed by atoms with Crippen LogP contribution in [0.2, 0.25) is 16.6 Å². The van der Waals surface area contributed by atoms with Gasteiger partial charge in [0.05, 0.1) is 36.1 Å². The van der Waals surface area contributed by atoms with Gasteiger partial charge in [0.1, 0.15) is 11.7 Å². The van der Waals surface area contributed by atoms with E-state index in [4.69, 9.17) is 13.9 Å². The Hall–Kier alpha value is -1.62. The van der Waals surface area contributed by atoms with Crippen LogP contribution in [0.3, 0.4) is 0 Å². The van der Waals surface area contributed by atoms with Gasteiger partial charge in [-0.25, -0.2) is 0 Å². The average Bonchev–Trinajstić information content (AvgIpc) is 3.04. The van der Waals surface area contributed by atoms with Crippen molar-refractivity contribution in [1.29, 1.82) is 0 Å². The van der Waals surface area contributed by atoms with E-state index in [-0.39, 0.29) is 12.6 Å². The first-order valence-electron chi connectivity index (χ1n) is 16.7. The van der Waals surface area contributed by atoms with Gasteiger partial charge in [0.25, 0.3) is 0 Å². The predicted molar refractivity (Wildman–Crippen MR) is 197 cm³/mol. The highest BCUT2D eigenvalue weighted by Crippen LogP contribution is 2.49. The standard InChI is InChI=1S/C38H54O5S2Si.H2/c1-27(2)46(28(3)4,29(5)6)43-36-23-33(40)34(25-39)42-38(36,7)35(41-26-30-17-11-8-12-18-30)24-37(44-31-19-13-9-14-20-31)45-32-21-15-10-16-22-32;/h8-22,27-29,33-37,39-40H,23-26H2,1-7H3;1H/t33-,34+,35+,36+,38-;/m0./s1. The molecule has 1 heterocycles. The summed E-state index contributed by atoms with van der Waals surface area (Å²) in [5.74, 6) is 0. The SMILES string of the molecule is CC(C)[Si](O[C@@H]1C[C@H](O)[C@@H](CO)O[C@@]1(C)[C@@H](CC(Sc1ccccc1)Sc1ccccc1)OCc1ccccc1)(C(C)C)C(C)C.[HH]. The molecule has 0 aliphatic carbocycles. The van der Waals surface area contributed by atoms with Gasteiger partial charge in [-0.2, -0.15) is 0 Å². The molecular formula is C38H56O5S2Si. The summed E-state index contributed by atoms with van der Waals surface area (Å²) in [5, 5.41) is 21.6. The summed E-state index contributed by atoms with van der Waals surface area (Å²) >= 11 is 3.66. The summed E-state index contributed by atoms with van der Waals surface area (Å²) in [6.07, 6.45) is -1.30. The molecule has 1 aliphatic heterocycles. The second-order valence-electron chi connectivity index (χ2n) is 13.6. The Morgan fingerprint density at radius 3 is 1.76 bits per heavy atom. The molecule has 5 atom stereocenters. The number of benzene rings is 3. The van der Waals surface area contributed by atoms with Gasteiger partial charge in [-0.3, -0.25) is 0 Å². The molecule has 1 saturated heterocycles. The normalized spacial score (nSPS) is 23.0. The third-order valence-corrected chi connectivity index (χ3v) is 18.2. The van der Waals surface area contributed by atoms with Crippen LogP contribution in [0.25, 0.3) is 0 Å². The fourth-order valence-corrected chi connectivity index (χ4v) is 15.5. The van der Waals surface area contributed by atoms with Crippen LogP contribution in [-0.2, 0) is 20.5 Å². The minimum atomic E-state index is -2.38. The Balaban J connectivity index is 0.00000600. The molecule has 46 heavy (non-hydrogen) atoms. The van der Waals surface area contributed by atoms with Crippen molar-refractivity contribution in [2.45, 2.75) is 129 Å². The first kappa shape index (κ1) is 37.2. The molecule has 0 spiro atoms. The number of aliphatic hydroxyl groups excluding tert-OH is 2. The lowest BCUT2D eigenvalue weighted by molar-refractivity contribution is -0.264. The maximum absolute atomic E-state index is 11.2. The Morgan fingerprint density at radius 1 is 0.826 bits per heavy atom. The predicted octanol–water partition coefficient (Wildman–Crippen LogP) is 9.58. The van der Waals surface area contributed by atoms with Gasteiger partial charge < -0.3 is 24.1 Å². The van der Waals surface area contributed by atoms with Crippen molar-refractivity contribution in [1.82, 2.24) is 0 Å². The monoisotopic (exact) mass is 684 g/mol. The molecule has 0 unspecified atom stereocenters. The fourth-order valence-electron chi connectivity index (χ4n) is 7.18. The molecule has 0 radical (unpaired) electrons. The van der Waals surface area contributed by atoms with Crippen LogP contribution < -0.4 is 0 Å². The van der Waals surface area contributed by atoms with Crippen LogP contribution in [0.1, 0.15) is 68.3 Å². The van der Waals surface area contributed by atoms with Crippen LogP contribution in [0.5, 0.6) is 0 Å². The molecule has 0 bridgehead atoms. The second-order valence-corrected chi connectivity index (χ2v) is 21.8. The fraction of sp³-hybridized carbons (Fsp3) is 0.526. The third-order valence-electron chi connectivity index (χ3n) is 9.52. The summed E-state index contributed by atoms with van der Waals surface area (Å²) < 4.78 is 21.4. The highest BCUT2D eigenvalue weighted by molar-refractivity contribution is 8.17. The van der Waals surface area contributed by atoms with E-state index in [2.05, 4.69) is 109 Å².